The zero-order valence-corrected chi connectivity index (χ0v) is 11.1. The molecule has 0 heterocycles. The van der Waals surface area contributed by atoms with Crippen molar-refractivity contribution in [3.05, 3.63) is 0 Å². The quantitative estimate of drug-likeness (QED) is 0.657. The van der Waals surface area contributed by atoms with Gasteiger partial charge in [-0.3, -0.25) is 9.59 Å². The van der Waals surface area contributed by atoms with E-state index >= 15 is 0 Å². The van der Waals surface area contributed by atoms with E-state index in [-0.39, 0.29) is 11.7 Å². The average molecular weight is 237 g/mol. The molecule has 4 nitrogen and oxygen atoms in total. The van der Waals surface area contributed by atoms with Gasteiger partial charge in [0.15, 0.2) is 0 Å². The number of amides is 1. The summed E-state index contributed by atoms with van der Waals surface area (Å²) in [5, 5.41) is 10.5. The molecule has 0 saturated heterocycles. The molecule has 0 aromatic heterocycles. The predicted octanol–water partition coefficient (Wildman–Crippen LogP) is 1.95. The molecule has 0 fully saturated rings. The van der Waals surface area contributed by atoms with Gasteiger partial charge in [-0.1, -0.05) is 34.1 Å². The highest BCUT2D eigenvalue weighted by atomic mass is 32.1. The minimum Gasteiger partial charge on any atom is -0.480 e. The van der Waals surface area contributed by atoms with E-state index in [0.717, 1.165) is 0 Å². The molecule has 0 bridgehead atoms. The van der Waals surface area contributed by atoms with E-state index in [1.54, 1.807) is 0 Å². The van der Waals surface area contributed by atoms with Crippen LogP contribution in [0.5, 0.6) is 0 Å². The minimum atomic E-state index is -1.05. The fourth-order valence-corrected chi connectivity index (χ4v) is 0.440. The smallest absolute Gasteiger partial charge is 0.325 e. The van der Waals surface area contributed by atoms with Gasteiger partial charge in [-0.25, -0.2) is 0 Å². The first-order valence-corrected chi connectivity index (χ1v) is 5.75. The van der Waals surface area contributed by atoms with Gasteiger partial charge in [-0.15, -0.1) is 0 Å². The number of carboxylic acid groups (broad SMARTS) is 1. The summed E-state index contributed by atoms with van der Waals surface area (Å²) in [5.74, 6) is -1.41. The van der Waals surface area contributed by atoms with Gasteiger partial charge in [-0.2, -0.15) is 12.6 Å². The fraction of sp³-hybridized carbons (Fsp3) is 0.800. The molecule has 0 aliphatic carbocycles. The Morgan fingerprint density at radius 3 is 1.87 bits per heavy atom. The van der Waals surface area contributed by atoms with Crippen molar-refractivity contribution < 1.29 is 14.7 Å². The van der Waals surface area contributed by atoms with Crippen molar-refractivity contribution in [1.29, 1.82) is 0 Å². The fourth-order valence-electron chi connectivity index (χ4n) is 0.349. The van der Waals surface area contributed by atoms with Crippen LogP contribution < -0.4 is 5.32 Å². The Morgan fingerprint density at radius 2 is 1.67 bits per heavy atom. The maximum absolute atomic E-state index is 10.5. The van der Waals surface area contributed by atoms with E-state index in [2.05, 4.69) is 31.8 Å². The van der Waals surface area contributed by atoms with E-state index in [4.69, 9.17) is 5.11 Å². The summed E-state index contributed by atoms with van der Waals surface area (Å²) in [6, 6.07) is -0.834. The van der Waals surface area contributed by atoms with Crippen LogP contribution in [0.3, 0.4) is 0 Å². The standard InChI is InChI=1S/C5H9NO3S.C3H8.C2H6/c1-3(5(8)9)6-4(7)2-10;1-3-2;1-2/h3,10H,2H2,1H3,(H,6,7)(H,8,9);3H2,1-2H3;1-2H3. The largest absolute Gasteiger partial charge is 0.480 e. The Labute approximate surface area is 97.9 Å². The van der Waals surface area contributed by atoms with E-state index < -0.39 is 12.0 Å². The minimum absolute atomic E-state index is 0.0115. The number of carbonyl (C=O) groups is 2. The number of carboxylic acids is 1. The van der Waals surface area contributed by atoms with Crippen molar-refractivity contribution >= 4 is 24.5 Å². The van der Waals surface area contributed by atoms with Gasteiger partial charge in [0.05, 0.1) is 5.75 Å². The van der Waals surface area contributed by atoms with Crippen LogP contribution in [0.25, 0.3) is 0 Å². The molecule has 0 aromatic carbocycles. The lowest BCUT2D eigenvalue weighted by Gasteiger charge is -2.06. The summed E-state index contributed by atoms with van der Waals surface area (Å²) in [7, 11) is 0. The van der Waals surface area contributed by atoms with Crippen LogP contribution in [-0.2, 0) is 9.59 Å². The lowest BCUT2D eigenvalue weighted by molar-refractivity contribution is -0.140. The van der Waals surface area contributed by atoms with Crippen molar-refractivity contribution in [3.63, 3.8) is 0 Å². The van der Waals surface area contributed by atoms with Gasteiger partial charge in [0.2, 0.25) is 5.91 Å². The normalized spacial score (nSPS) is 9.73. The number of thiol groups is 1. The van der Waals surface area contributed by atoms with Gasteiger partial charge in [0.25, 0.3) is 0 Å². The molecular formula is C10H23NO3S. The molecule has 0 saturated carbocycles. The van der Waals surface area contributed by atoms with E-state index in [0.29, 0.717) is 0 Å². The third-order valence-corrected chi connectivity index (χ3v) is 1.18. The Kier molecular flexibility index (Phi) is 20.8. The number of rotatable bonds is 3. The van der Waals surface area contributed by atoms with Crippen LogP contribution in [0.2, 0.25) is 0 Å². The summed E-state index contributed by atoms with van der Waals surface area (Å²) in [5.41, 5.74) is 0. The molecule has 15 heavy (non-hydrogen) atoms. The van der Waals surface area contributed by atoms with E-state index in [1.165, 1.54) is 13.3 Å². The summed E-state index contributed by atoms with van der Waals surface area (Å²) in [6.07, 6.45) is 1.25. The summed E-state index contributed by atoms with van der Waals surface area (Å²) >= 11 is 3.65. The summed E-state index contributed by atoms with van der Waals surface area (Å²) < 4.78 is 0. The van der Waals surface area contributed by atoms with Gasteiger partial charge < -0.3 is 10.4 Å². The Hall–Kier alpha value is -0.710. The van der Waals surface area contributed by atoms with Crippen molar-refractivity contribution in [2.24, 2.45) is 0 Å². The van der Waals surface area contributed by atoms with Crippen molar-refractivity contribution in [1.82, 2.24) is 5.32 Å². The van der Waals surface area contributed by atoms with Crippen LogP contribution in [0.15, 0.2) is 0 Å². The SMILES string of the molecule is CC.CC(NC(=O)CS)C(=O)O.CCC. The lowest BCUT2D eigenvalue weighted by Crippen LogP contribution is -2.38. The molecule has 1 unspecified atom stereocenters. The molecule has 0 aliphatic rings. The number of hydrogen-bond donors (Lipinski definition) is 3. The third kappa shape index (κ3) is 19.6. The molecular weight excluding hydrogens is 214 g/mol. The summed E-state index contributed by atoms with van der Waals surface area (Å²) in [6.45, 7) is 9.64. The zero-order valence-electron chi connectivity index (χ0n) is 10.2. The van der Waals surface area contributed by atoms with E-state index in [1.807, 2.05) is 13.8 Å². The highest BCUT2D eigenvalue weighted by molar-refractivity contribution is 7.81. The maximum Gasteiger partial charge on any atom is 0.325 e. The second kappa shape index (κ2) is 15.7. The summed E-state index contributed by atoms with van der Waals surface area (Å²) in [4.78, 5) is 20.6. The zero-order chi connectivity index (χ0) is 12.9. The van der Waals surface area contributed by atoms with E-state index in [9.17, 15) is 9.59 Å². The van der Waals surface area contributed by atoms with Crippen LogP contribution in [-0.4, -0.2) is 28.8 Å². The highest BCUT2D eigenvalue weighted by Gasteiger charge is 2.11. The van der Waals surface area contributed by atoms with Gasteiger partial charge >= 0.3 is 5.97 Å². The van der Waals surface area contributed by atoms with Crippen molar-refractivity contribution in [3.8, 4) is 0 Å². The monoisotopic (exact) mass is 237 g/mol. The molecule has 0 radical (unpaired) electrons. The average Bonchev–Trinajstić information content (AvgIpc) is 2.21. The molecule has 0 aromatic rings. The van der Waals surface area contributed by atoms with Crippen LogP contribution in [0.1, 0.15) is 41.0 Å². The second-order valence-corrected chi connectivity index (χ2v) is 2.81. The molecule has 5 heteroatoms. The molecule has 92 valence electrons. The Bertz CT molecular complexity index is 163. The Morgan fingerprint density at radius 1 is 1.33 bits per heavy atom. The van der Waals surface area contributed by atoms with Crippen LogP contribution in [0.4, 0.5) is 0 Å². The van der Waals surface area contributed by atoms with Gasteiger partial charge in [-0.05, 0) is 6.92 Å². The third-order valence-electron chi connectivity index (χ3n) is 0.892. The lowest BCUT2D eigenvalue weighted by atomic mass is 10.3. The molecule has 0 rings (SSSR count). The van der Waals surface area contributed by atoms with Crippen molar-refractivity contribution in [2.45, 2.75) is 47.1 Å². The molecule has 1 amide bonds. The molecule has 1 atom stereocenters. The molecule has 0 aliphatic heterocycles. The number of nitrogens with one attached hydrogen (secondary N) is 1. The second-order valence-electron chi connectivity index (χ2n) is 2.49. The number of aliphatic carboxylic acids is 1. The topological polar surface area (TPSA) is 66.4 Å². The molecule has 2 N–H and O–H groups in total. The maximum atomic E-state index is 10.5. The first kappa shape index (κ1) is 19.8. The van der Waals surface area contributed by atoms with Gasteiger partial charge in [0, 0.05) is 0 Å². The first-order chi connectivity index (χ1) is 6.99. The molecule has 0 spiro atoms. The number of hydrogen-bond acceptors (Lipinski definition) is 3. The van der Waals surface area contributed by atoms with Crippen LogP contribution in [0, 0.1) is 0 Å². The number of carbonyl (C=O) groups excluding carboxylic acids is 1. The Balaban J connectivity index is -0.000000245. The van der Waals surface area contributed by atoms with Gasteiger partial charge in [0.1, 0.15) is 6.04 Å². The van der Waals surface area contributed by atoms with Crippen molar-refractivity contribution in [2.75, 3.05) is 5.75 Å². The highest BCUT2D eigenvalue weighted by Crippen LogP contribution is 1.81. The first-order valence-electron chi connectivity index (χ1n) is 5.12. The predicted molar refractivity (Wildman–Crippen MR) is 66.4 cm³/mol. The van der Waals surface area contributed by atoms with Crippen LogP contribution >= 0.6 is 12.6 Å².